The van der Waals surface area contributed by atoms with Crippen molar-refractivity contribution >= 4 is 34.2 Å². The van der Waals surface area contributed by atoms with Gasteiger partial charge in [0.05, 0.1) is 11.3 Å². The van der Waals surface area contributed by atoms with Crippen molar-refractivity contribution in [2.45, 2.75) is 0 Å². The van der Waals surface area contributed by atoms with E-state index in [0.717, 1.165) is 6.07 Å². The highest BCUT2D eigenvalue weighted by Crippen LogP contribution is 2.17. The van der Waals surface area contributed by atoms with Crippen LogP contribution in [0.4, 0.5) is 20.0 Å². The highest BCUT2D eigenvalue weighted by Gasteiger charge is 2.11. The van der Waals surface area contributed by atoms with Crippen LogP contribution in [-0.2, 0) is 0 Å². The highest BCUT2D eigenvalue weighted by atomic mass is 32.1. The lowest BCUT2D eigenvalue weighted by Gasteiger charge is -2.07. The number of benzene rings is 1. The smallest absolute Gasteiger partial charge is 0.335 e. The molecule has 8 heteroatoms. The van der Waals surface area contributed by atoms with Gasteiger partial charge in [-0.1, -0.05) is 0 Å². The number of aromatic carboxylic acids is 1. The van der Waals surface area contributed by atoms with Crippen molar-refractivity contribution in [1.29, 1.82) is 0 Å². The van der Waals surface area contributed by atoms with E-state index in [-0.39, 0.29) is 11.3 Å². The minimum absolute atomic E-state index is 0.112. The Labute approximate surface area is 110 Å². The monoisotopic (exact) mass is 281 g/mol. The molecule has 0 atom stereocenters. The van der Waals surface area contributed by atoms with E-state index < -0.39 is 17.8 Å². The number of carbonyl (C=O) groups excluding carboxylic acids is 1. The van der Waals surface area contributed by atoms with Gasteiger partial charge in [-0.3, -0.25) is 5.32 Å². The number of rotatable bonds is 3. The van der Waals surface area contributed by atoms with E-state index in [1.807, 2.05) is 0 Å². The Morgan fingerprint density at radius 1 is 1.32 bits per heavy atom. The number of carbonyl (C=O) groups is 2. The van der Waals surface area contributed by atoms with Crippen molar-refractivity contribution in [1.82, 2.24) is 4.98 Å². The topological polar surface area (TPSA) is 91.3 Å². The lowest BCUT2D eigenvalue weighted by atomic mass is 10.2. The first-order valence-corrected chi connectivity index (χ1v) is 5.94. The summed E-state index contributed by atoms with van der Waals surface area (Å²) in [5.74, 6) is -2.06. The Morgan fingerprint density at radius 3 is 2.68 bits per heavy atom. The highest BCUT2D eigenvalue weighted by molar-refractivity contribution is 7.13. The lowest BCUT2D eigenvalue weighted by Crippen LogP contribution is -2.20. The molecule has 0 aliphatic heterocycles. The summed E-state index contributed by atoms with van der Waals surface area (Å²) in [6, 6.07) is 2.56. The molecule has 0 saturated carbocycles. The average Bonchev–Trinajstić information content (AvgIpc) is 2.84. The first-order valence-electron chi connectivity index (χ1n) is 5.06. The van der Waals surface area contributed by atoms with Gasteiger partial charge in [-0.2, -0.15) is 0 Å². The van der Waals surface area contributed by atoms with Gasteiger partial charge in [0.25, 0.3) is 0 Å². The molecule has 2 amide bonds. The predicted molar refractivity (Wildman–Crippen MR) is 68.1 cm³/mol. The maximum absolute atomic E-state index is 13.5. The Hall–Kier alpha value is -2.48. The molecule has 1 aromatic carbocycles. The molecule has 0 aliphatic rings. The first kappa shape index (κ1) is 13.0. The van der Waals surface area contributed by atoms with E-state index in [9.17, 15) is 14.0 Å². The third-order valence-corrected chi connectivity index (χ3v) is 2.81. The second kappa shape index (κ2) is 5.44. The number of amides is 2. The Kier molecular flexibility index (Phi) is 3.71. The zero-order chi connectivity index (χ0) is 13.8. The zero-order valence-electron chi connectivity index (χ0n) is 9.38. The molecule has 6 nitrogen and oxygen atoms in total. The molecule has 0 spiro atoms. The van der Waals surface area contributed by atoms with Crippen LogP contribution < -0.4 is 10.6 Å². The average molecular weight is 281 g/mol. The third kappa shape index (κ3) is 3.26. The van der Waals surface area contributed by atoms with Crippen LogP contribution in [-0.4, -0.2) is 22.1 Å². The number of thiazole rings is 1. The van der Waals surface area contributed by atoms with Crippen LogP contribution >= 0.6 is 11.3 Å². The van der Waals surface area contributed by atoms with E-state index in [4.69, 9.17) is 5.11 Å². The molecule has 0 saturated heterocycles. The third-order valence-electron chi connectivity index (χ3n) is 2.12. The van der Waals surface area contributed by atoms with Crippen molar-refractivity contribution in [3.8, 4) is 0 Å². The van der Waals surface area contributed by atoms with E-state index in [1.165, 1.54) is 29.7 Å². The second-order valence-electron chi connectivity index (χ2n) is 3.42. The molecular weight excluding hydrogens is 273 g/mol. The van der Waals surface area contributed by atoms with Crippen LogP contribution in [0.5, 0.6) is 0 Å². The molecule has 2 aromatic rings. The lowest BCUT2D eigenvalue weighted by molar-refractivity contribution is 0.0696. The van der Waals surface area contributed by atoms with Crippen molar-refractivity contribution in [2.24, 2.45) is 0 Å². The minimum atomic E-state index is -1.24. The summed E-state index contributed by atoms with van der Waals surface area (Å²) in [4.78, 5) is 26.0. The number of hydrogen-bond donors (Lipinski definition) is 3. The van der Waals surface area contributed by atoms with Gasteiger partial charge in [-0.15, -0.1) is 11.3 Å². The Morgan fingerprint density at radius 2 is 2.11 bits per heavy atom. The van der Waals surface area contributed by atoms with Gasteiger partial charge in [-0.05, 0) is 18.2 Å². The van der Waals surface area contributed by atoms with E-state index in [2.05, 4.69) is 15.6 Å². The number of nitrogens with one attached hydrogen (secondary N) is 2. The number of anilines is 2. The molecule has 0 fully saturated rings. The minimum Gasteiger partial charge on any atom is -0.478 e. The quantitative estimate of drug-likeness (QED) is 0.806. The number of carboxylic acids is 1. The van der Waals surface area contributed by atoms with Crippen LogP contribution in [0.15, 0.2) is 29.8 Å². The maximum Gasteiger partial charge on any atom is 0.335 e. The molecule has 3 N–H and O–H groups in total. The fourth-order valence-corrected chi connectivity index (χ4v) is 1.81. The van der Waals surface area contributed by atoms with E-state index >= 15 is 0 Å². The van der Waals surface area contributed by atoms with Gasteiger partial charge in [0.1, 0.15) is 5.82 Å². The summed E-state index contributed by atoms with van der Waals surface area (Å²) >= 11 is 1.22. The number of hydrogen-bond acceptors (Lipinski definition) is 4. The number of urea groups is 1. The largest absolute Gasteiger partial charge is 0.478 e. The Bertz CT molecular complexity index is 616. The van der Waals surface area contributed by atoms with Gasteiger partial charge >= 0.3 is 12.0 Å². The second-order valence-corrected chi connectivity index (χ2v) is 4.31. The van der Waals surface area contributed by atoms with Crippen LogP contribution in [0, 0.1) is 5.82 Å². The van der Waals surface area contributed by atoms with Crippen LogP contribution in [0.2, 0.25) is 0 Å². The molecule has 0 aliphatic carbocycles. The first-order chi connectivity index (χ1) is 9.06. The summed E-state index contributed by atoms with van der Waals surface area (Å²) < 4.78 is 13.5. The van der Waals surface area contributed by atoms with Gasteiger partial charge < -0.3 is 10.4 Å². The summed E-state index contributed by atoms with van der Waals surface area (Å²) in [5, 5.41) is 15.4. The number of aromatic nitrogens is 1. The molecule has 0 radical (unpaired) electrons. The van der Waals surface area contributed by atoms with E-state index in [1.54, 1.807) is 5.38 Å². The fraction of sp³-hybridized carbons (Fsp3) is 0. The van der Waals surface area contributed by atoms with Crippen LogP contribution in [0.3, 0.4) is 0 Å². The van der Waals surface area contributed by atoms with Crippen molar-refractivity contribution < 1.29 is 19.1 Å². The predicted octanol–water partition coefficient (Wildman–Crippen LogP) is 2.62. The molecule has 1 aromatic heterocycles. The van der Waals surface area contributed by atoms with Crippen LogP contribution in [0.1, 0.15) is 10.4 Å². The molecule has 1 heterocycles. The van der Waals surface area contributed by atoms with Gasteiger partial charge in [0.2, 0.25) is 0 Å². The summed E-state index contributed by atoms with van der Waals surface area (Å²) in [5.41, 5.74) is -0.303. The molecule has 2 rings (SSSR count). The number of nitrogens with zero attached hydrogens (tertiary/aromatic N) is 1. The SMILES string of the molecule is O=C(Nc1nccs1)Nc1ccc(C(=O)O)cc1F. The van der Waals surface area contributed by atoms with Gasteiger partial charge in [-0.25, -0.2) is 19.0 Å². The summed E-state index contributed by atoms with van der Waals surface area (Å²) in [7, 11) is 0. The number of halogens is 1. The summed E-state index contributed by atoms with van der Waals surface area (Å²) in [6.07, 6.45) is 1.52. The van der Waals surface area contributed by atoms with Crippen molar-refractivity contribution in [3.05, 3.63) is 41.2 Å². The number of carboxylic acid groups (broad SMARTS) is 1. The van der Waals surface area contributed by atoms with Gasteiger partial charge in [0.15, 0.2) is 5.13 Å². The Balaban J connectivity index is 2.07. The molecular formula is C11H8FN3O3S. The molecule has 98 valence electrons. The van der Waals surface area contributed by atoms with Crippen molar-refractivity contribution in [3.63, 3.8) is 0 Å². The molecule has 0 bridgehead atoms. The molecule has 0 unspecified atom stereocenters. The molecule has 19 heavy (non-hydrogen) atoms. The van der Waals surface area contributed by atoms with Crippen LogP contribution in [0.25, 0.3) is 0 Å². The maximum atomic E-state index is 13.5. The summed E-state index contributed by atoms with van der Waals surface area (Å²) in [6.45, 7) is 0. The fourth-order valence-electron chi connectivity index (χ4n) is 1.29. The van der Waals surface area contributed by atoms with E-state index in [0.29, 0.717) is 5.13 Å². The standard InChI is InChI=1S/C11H8FN3O3S/c12-7-5-6(9(16)17)1-2-8(7)14-10(18)15-11-13-3-4-19-11/h1-5H,(H,16,17)(H2,13,14,15,18). The normalized spacial score (nSPS) is 9.95. The van der Waals surface area contributed by atoms with Gasteiger partial charge in [0, 0.05) is 11.6 Å². The zero-order valence-corrected chi connectivity index (χ0v) is 10.2. The van der Waals surface area contributed by atoms with Crippen molar-refractivity contribution in [2.75, 3.05) is 10.6 Å².